The van der Waals surface area contributed by atoms with Crippen molar-refractivity contribution >= 4 is 50.2 Å². The van der Waals surface area contributed by atoms with Gasteiger partial charge in [0.2, 0.25) is 0 Å². The van der Waals surface area contributed by atoms with E-state index in [-0.39, 0.29) is 17.7 Å². The van der Waals surface area contributed by atoms with Crippen molar-refractivity contribution in [2.75, 3.05) is 27.4 Å². The molecule has 236 valence electrons. The first-order valence-electron chi connectivity index (χ1n) is 14.7. The lowest BCUT2D eigenvalue weighted by atomic mass is 9.95. The van der Waals surface area contributed by atoms with Crippen molar-refractivity contribution < 1.29 is 23.7 Å². The monoisotopic (exact) mass is 701 g/mol. The fourth-order valence-corrected chi connectivity index (χ4v) is 7.34. The number of allylic oxidation sites excluding steroid dienone is 1. The van der Waals surface area contributed by atoms with Gasteiger partial charge in [-0.25, -0.2) is 9.79 Å². The van der Waals surface area contributed by atoms with Gasteiger partial charge in [0.1, 0.15) is 5.75 Å². The van der Waals surface area contributed by atoms with Crippen LogP contribution < -0.4 is 29.1 Å². The molecule has 3 heterocycles. The lowest BCUT2D eigenvalue weighted by Gasteiger charge is -2.26. The Morgan fingerprint density at radius 1 is 1.02 bits per heavy atom. The fraction of sp³-hybridized carbons (Fsp3) is 0.229. The largest absolute Gasteiger partial charge is 0.495 e. The summed E-state index contributed by atoms with van der Waals surface area (Å²) in [5.41, 5.74) is 4.56. The van der Waals surface area contributed by atoms with Gasteiger partial charge in [-0.2, -0.15) is 0 Å². The molecule has 0 radical (unpaired) electrons. The van der Waals surface area contributed by atoms with E-state index in [0.29, 0.717) is 48.9 Å². The second-order valence-electron chi connectivity index (χ2n) is 10.4. The molecule has 0 aliphatic carbocycles. The SMILES string of the molecule is CCOC(=O)C1=C(C)N=c2s/c(=C/c3c(-c4ccccc4)[nH]c4c(OC)cccc34)c(=O)n2[C@@H]1c1cc(OC)c(OCC)cc1Br. The van der Waals surface area contributed by atoms with E-state index in [1.807, 2.05) is 61.5 Å². The van der Waals surface area contributed by atoms with E-state index in [0.717, 1.165) is 27.7 Å². The highest BCUT2D eigenvalue weighted by Gasteiger charge is 2.35. The number of rotatable bonds is 9. The number of halogens is 1. The second kappa shape index (κ2) is 13.0. The van der Waals surface area contributed by atoms with Crippen LogP contribution in [0.1, 0.15) is 37.9 Å². The first-order valence-corrected chi connectivity index (χ1v) is 16.4. The third kappa shape index (κ3) is 5.43. The summed E-state index contributed by atoms with van der Waals surface area (Å²) in [4.78, 5) is 36.7. The van der Waals surface area contributed by atoms with Crippen LogP contribution in [0.25, 0.3) is 28.2 Å². The van der Waals surface area contributed by atoms with Crippen LogP contribution in [0.2, 0.25) is 0 Å². The fourth-order valence-electron chi connectivity index (χ4n) is 5.77. The molecule has 0 saturated carbocycles. The molecule has 0 amide bonds. The maximum absolute atomic E-state index is 14.5. The minimum absolute atomic E-state index is 0.173. The van der Waals surface area contributed by atoms with E-state index in [9.17, 15) is 9.59 Å². The van der Waals surface area contributed by atoms with Crippen LogP contribution in [0.4, 0.5) is 0 Å². The smallest absolute Gasteiger partial charge is 0.338 e. The molecule has 1 aliphatic heterocycles. The third-order valence-corrected chi connectivity index (χ3v) is 9.46. The number of nitrogens with one attached hydrogen (secondary N) is 1. The van der Waals surface area contributed by atoms with Crippen LogP contribution in [-0.2, 0) is 9.53 Å². The van der Waals surface area contributed by atoms with Crippen molar-refractivity contribution in [2.24, 2.45) is 4.99 Å². The van der Waals surface area contributed by atoms with Crippen molar-refractivity contribution in [2.45, 2.75) is 26.8 Å². The molecule has 1 N–H and O–H groups in total. The third-order valence-electron chi connectivity index (χ3n) is 7.79. The summed E-state index contributed by atoms with van der Waals surface area (Å²) in [6, 6.07) is 18.5. The first kappa shape index (κ1) is 31.4. The number of fused-ring (bicyclic) bond motifs is 2. The van der Waals surface area contributed by atoms with Gasteiger partial charge in [-0.15, -0.1) is 0 Å². The highest BCUT2D eigenvalue weighted by Crippen LogP contribution is 2.41. The summed E-state index contributed by atoms with van der Waals surface area (Å²) in [6.07, 6.45) is 1.89. The number of esters is 1. The van der Waals surface area contributed by atoms with Gasteiger partial charge < -0.3 is 23.9 Å². The minimum atomic E-state index is -0.840. The highest BCUT2D eigenvalue weighted by atomic mass is 79.9. The van der Waals surface area contributed by atoms with Gasteiger partial charge in [0.15, 0.2) is 16.3 Å². The van der Waals surface area contributed by atoms with Crippen LogP contribution >= 0.6 is 27.3 Å². The van der Waals surface area contributed by atoms with Crippen LogP contribution in [0.15, 0.2) is 86.2 Å². The molecule has 46 heavy (non-hydrogen) atoms. The molecule has 1 atom stereocenters. The van der Waals surface area contributed by atoms with Crippen molar-refractivity contribution in [3.05, 3.63) is 107 Å². The molecule has 0 unspecified atom stereocenters. The van der Waals surface area contributed by atoms with E-state index in [4.69, 9.17) is 23.9 Å². The standard InChI is InChI=1S/C35H32BrN3O6S/c1-6-44-27-18-24(36)23(16-26(27)43-5)32-29(34(41)45-7-2)19(3)37-35-39(32)33(40)28(46-35)17-22-21-14-11-15-25(42-4)31(21)38-30(22)20-12-9-8-10-13-20/h8-18,32,38H,6-7H2,1-5H3/b28-17+/t32-/m1/s1. The molecular weight excluding hydrogens is 670 g/mol. The Balaban J connectivity index is 1.63. The summed E-state index contributed by atoms with van der Waals surface area (Å²) in [6.45, 7) is 6.00. The Bertz CT molecular complexity index is 2180. The quantitative estimate of drug-likeness (QED) is 0.186. The minimum Gasteiger partial charge on any atom is -0.495 e. The van der Waals surface area contributed by atoms with Gasteiger partial charge in [0.05, 0.1) is 60.5 Å². The van der Waals surface area contributed by atoms with Crippen molar-refractivity contribution in [3.8, 4) is 28.5 Å². The average molecular weight is 703 g/mol. The lowest BCUT2D eigenvalue weighted by Crippen LogP contribution is -2.40. The topological polar surface area (TPSA) is 104 Å². The molecule has 5 aromatic rings. The number of nitrogens with zero attached hydrogens (tertiary/aromatic N) is 2. The molecule has 11 heteroatoms. The summed E-state index contributed by atoms with van der Waals surface area (Å²) in [5.74, 6) is 1.16. The summed E-state index contributed by atoms with van der Waals surface area (Å²) in [7, 11) is 3.18. The van der Waals surface area contributed by atoms with Gasteiger partial charge in [0, 0.05) is 15.4 Å². The maximum Gasteiger partial charge on any atom is 0.338 e. The average Bonchev–Trinajstić information content (AvgIpc) is 3.58. The molecule has 3 aromatic carbocycles. The number of H-pyrrole nitrogens is 1. The molecular formula is C35H32BrN3O6S. The molecule has 6 rings (SSSR count). The zero-order valence-corrected chi connectivity index (χ0v) is 28.4. The zero-order chi connectivity index (χ0) is 32.5. The molecule has 1 aliphatic rings. The number of thiazole rings is 1. The first-order chi connectivity index (χ1) is 22.3. The summed E-state index contributed by atoms with van der Waals surface area (Å²) in [5, 5.41) is 0.906. The molecule has 2 aromatic heterocycles. The van der Waals surface area contributed by atoms with Crippen LogP contribution in [-0.4, -0.2) is 43.0 Å². The number of methoxy groups -OCH3 is 2. The summed E-state index contributed by atoms with van der Waals surface area (Å²) >= 11 is 4.95. The summed E-state index contributed by atoms with van der Waals surface area (Å²) < 4.78 is 25.2. The molecule has 0 saturated heterocycles. The van der Waals surface area contributed by atoms with Gasteiger partial charge >= 0.3 is 5.97 Å². The van der Waals surface area contributed by atoms with Crippen LogP contribution in [0.3, 0.4) is 0 Å². The van der Waals surface area contributed by atoms with Gasteiger partial charge in [-0.1, -0.05) is 69.7 Å². The van der Waals surface area contributed by atoms with E-state index in [2.05, 4.69) is 20.9 Å². The Hall–Kier alpha value is -4.61. The molecule has 0 spiro atoms. The predicted molar refractivity (Wildman–Crippen MR) is 183 cm³/mol. The van der Waals surface area contributed by atoms with Crippen molar-refractivity contribution in [1.82, 2.24) is 9.55 Å². The number of aromatic nitrogens is 2. The van der Waals surface area contributed by atoms with Gasteiger partial charge in [0.25, 0.3) is 5.56 Å². The number of aromatic amines is 1. The number of benzene rings is 3. The van der Waals surface area contributed by atoms with Gasteiger partial charge in [-0.05, 0) is 56.2 Å². The van der Waals surface area contributed by atoms with Crippen LogP contribution in [0, 0.1) is 0 Å². The maximum atomic E-state index is 14.5. The van der Waals surface area contributed by atoms with E-state index in [1.54, 1.807) is 44.8 Å². The zero-order valence-electron chi connectivity index (χ0n) is 26.0. The molecule has 9 nitrogen and oxygen atoms in total. The van der Waals surface area contributed by atoms with Crippen molar-refractivity contribution in [3.63, 3.8) is 0 Å². The number of hydrogen-bond donors (Lipinski definition) is 1. The normalized spacial score (nSPS) is 14.7. The number of hydrogen-bond acceptors (Lipinski definition) is 8. The second-order valence-corrected chi connectivity index (χ2v) is 12.3. The lowest BCUT2D eigenvalue weighted by molar-refractivity contribution is -0.139. The van der Waals surface area contributed by atoms with E-state index >= 15 is 0 Å². The van der Waals surface area contributed by atoms with E-state index < -0.39 is 12.0 Å². The van der Waals surface area contributed by atoms with Gasteiger partial charge in [-0.3, -0.25) is 9.36 Å². The highest BCUT2D eigenvalue weighted by molar-refractivity contribution is 9.10. The Morgan fingerprint density at radius 2 is 1.78 bits per heavy atom. The number of ether oxygens (including phenoxy) is 4. The Morgan fingerprint density at radius 3 is 2.48 bits per heavy atom. The number of para-hydroxylation sites is 1. The van der Waals surface area contributed by atoms with Crippen LogP contribution in [0.5, 0.6) is 17.2 Å². The van der Waals surface area contributed by atoms with Crippen molar-refractivity contribution in [1.29, 1.82) is 0 Å². The molecule has 0 fully saturated rings. The Labute approximate surface area is 277 Å². The number of carbonyl (C=O) groups is 1. The van der Waals surface area contributed by atoms with E-state index in [1.165, 1.54) is 11.3 Å². The predicted octanol–water partition coefficient (Wildman–Crippen LogP) is 6.13. The molecule has 0 bridgehead atoms. The Kier molecular flexibility index (Phi) is 8.88. The number of carbonyl (C=O) groups excluding carboxylic acids is 1.